The zero-order valence-electron chi connectivity index (χ0n) is 11.8. The largest absolute Gasteiger partial charge is 0.481 e. The number of hydrogen-bond donors (Lipinski definition) is 1. The Labute approximate surface area is 141 Å². The highest BCUT2D eigenvalue weighted by Crippen LogP contribution is 2.25. The summed E-state index contributed by atoms with van der Waals surface area (Å²) >= 11 is 3.22. The van der Waals surface area contributed by atoms with Crippen LogP contribution < -0.4 is 4.31 Å². The van der Waals surface area contributed by atoms with Gasteiger partial charge in [-0.3, -0.25) is 9.10 Å². The van der Waals surface area contributed by atoms with Gasteiger partial charge in [-0.05, 0) is 42.5 Å². The highest BCUT2D eigenvalue weighted by molar-refractivity contribution is 9.10. The number of carboxylic acids is 1. The molecule has 0 heterocycles. The Morgan fingerprint density at radius 1 is 1.17 bits per heavy atom. The number of benzene rings is 2. The van der Waals surface area contributed by atoms with E-state index in [-0.39, 0.29) is 17.1 Å². The van der Waals surface area contributed by atoms with Gasteiger partial charge < -0.3 is 5.11 Å². The van der Waals surface area contributed by atoms with E-state index in [2.05, 4.69) is 15.9 Å². The monoisotopic (exact) mass is 401 g/mol. The Morgan fingerprint density at radius 2 is 1.83 bits per heavy atom. The second kappa shape index (κ2) is 7.10. The van der Waals surface area contributed by atoms with E-state index < -0.39 is 28.2 Å². The molecule has 122 valence electrons. The third-order valence-corrected chi connectivity index (χ3v) is 5.40. The molecule has 2 rings (SSSR count). The molecule has 1 N–H and O–H groups in total. The van der Waals surface area contributed by atoms with Crippen molar-refractivity contribution in [1.29, 1.82) is 0 Å². The number of carboxylic acid groups (broad SMARTS) is 1. The van der Waals surface area contributed by atoms with Crippen LogP contribution in [-0.2, 0) is 14.8 Å². The molecule has 0 spiro atoms. The lowest BCUT2D eigenvalue weighted by Crippen LogP contribution is -2.33. The van der Waals surface area contributed by atoms with Gasteiger partial charge in [0.15, 0.2) is 0 Å². The van der Waals surface area contributed by atoms with Gasteiger partial charge in [0.05, 0.1) is 17.0 Å². The van der Waals surface area contributed by atoms with Gasteiger partial charge in [-0.15, -0.1) is 0 Å². The van der Waals surface area contributed by atoms with E-state index in [4.69, 9.17) is 5.11 Å². The summed E-state index contributed by atoms with van der Waals surface area (Å²) in [6, 6.07) is 10.9. The van der Waals surface area contributed by atoms with Crippen molar-refractivity contribution in [3.05, 3.63) is 58.8 Å². The van der Waals surface area contributed by atoms with Gasteiger partial charge in [-0.25, -0.2) is 12.8 Å². The van der Waals surface area contributed by atoms with Crippen molar-refractivity contribution < 1.29 is 22.7 Å². The first-order valence-corrected chi connectivity index (χ1v) is 8.79. The van der Waals surface area contributed by atoms with Crippen molar-refractivity contribution in [1.82, 2.24) is 0 Å². The predicted molar refractivity (Wildman–Crippen MR) is 87.3 cm³/mol. The van der Waals surface area contributed by atoms with Crippen molar-refractivity contribution in [2.45, 2.75) is 11.3 Å². The minimum Gasteiger partial charge on any atom is -0.481 e. The summed E-state index contributed by atoms with van der Waals surface area (Å²) < 4.78 is 40.6. The van der Waals surface area contributed by atoms with Crippen LogP contribution in [0.4, 0.5) is 10.1 Å². The second-order valence-electron chi connectivity index (χ2n) is 4.65. The molecule has 0 aliphatic heterocycles. The second-order valence-corrected chi connectivity index (χ2v) is 7.43. The normalized spacial score (nSPS) is 11.2. The van der Waals surface area contributed by atoms with Crippen LogP contribution in [0.2, 0.25) is 0 Å². The molecule has 0 fully saturated rings. The average Bonchev–Trinajstić information content (AvgIpc) is 2.47. The minimum absolute atomic E-state index is 0.00431. The van der Waals surface area contributed by atoms with E-state index in [1.54, 1.807) is 12.1 Å². The molecule has 0 bridgehead atoms. The maximum absolute atomic E-state index is 13.4. The van der Waals surface area contributed by atoms with Crippen LogP contribution in [-0.4, -0.2) is 26.0 Å². The lowest BCUT2D eigenvalue weighted by atomic mass is 10.3. The lowest BCUT2D eigenvalue weighted by molar-refractivity contribution is -0.136. The standard InChI is InChI=1S/C15H13BrFNO4S/c16-11-4-6-14(7-5-11)23(21,22)18(9-8-15(19)20)13-3-1-2-12(17)10-13/h1-7,10H,8-9H2,(H,19,20). The molecule has 0 aliphatic carbocycles. The molecule has 5 nitrogen and oxygen atoms in total. The van der Waals surface area contributed by atoms with Crippen LogP contribution in [0, 0.1) is 5.82 Å². The number of aliphatic carboxylic acids is 1. The van der Waals surface area contributed by atoms with Crippen molar-refractivity contribution >= 4 is 37.6 Å². The van der Waals surface area contributed by atoms with Crippen molar-refractivity contribution in [3.63, 3.8) is 0 Å². The van der Waals surface area contributed by atoms with Gasteiger partial charge >= 0.3 is 5.97 Å². The molecule has 0 saturated heterocycles. The van der Waals surface area contributed by atoms with Gasteiger partial charge in [0, 0.05) is 11.0 Å². The molecular weight excluding hydrogens is 389 g/mol. The number of carbonyl (C=O) groups is 1. The minimum atomic E-state index is -4.00. The first-order chi connectivity index (χ1) is 10.8. The van der Waals surface area contributed by atoms with Crippen LogP contribution in [0.15, 0.2) is 57.9 Å². The summed E-state index contributed by atoms with van der Waals surface area (Å²) in [6.45, 7) is -0.294. The highest BCUT2D eigenvalue weighted by atomic mass is 79.9. The van der Waals surface area contributed by atoms with E-state index >= 15 is 0 Å². The zero-order valence-corrected chi connectivity index (χ0v) is 14.2. The van der Waals surface area contributed by atoms with Gasteiger partial charge in [0.2, 0.25) is 0 Å². The van der Waals surface area contributed by atoms with Gasteiger partial charge in [-0.2, -0.15) is 0 Å². The van der Waals surface area contributed by atoms with Crippen LogP contribution in [0.1, 0.15) is 6.42 Å². The Hall–Kier alpha value is -1.93. The number of anilines is 1. The summed E-state index contributed by atoms with van der Waals surface area (Å²) in [4.78, 5) is 10.8. The van der Waals surface area contributed by atoms with Gasteiger partial charge in [-0.1, -0.05) is 22.0 Å². The maximum atomic E-state index is 13.4. The smallest absolute Gasteiger partial charge is 0.305 e. The van der Waals surface area contributed by atoms with Crippen molar-refractivity contribution in [2.24, 2.45) is 0 Å². The van der Waals surface area contributed by atoms with Crippen LogP contribution in [0.25, 0.3) is 0 Å². The van der Waals surface area contributed by atoms with Crippen molar-refractivity contribution in [2.75, 3.05) is 10.8 Å². The van der Waals surface area contributed by atoms with E-state index in [1.807, 2.05) is 0 Å². The molecule has 2 aromatic rings. The number of sulfonamides is 1. The molecule has 0 radical (unpaired) electrons. The fourth-order valence-corrected chi connectivity index (χ4v) is 3.67. The van der Waals surface area contributed by atoms with E-state index in [1.165, 1.54) is 30.3 Å². The Kier molecular flexibility index (Phi) is 5.38. The molecule has 2 aromatic carbocycles. The summed E-state index contributed by atoms with van der Waals surface area (Å²) in [5, 5.41) is 8.83. The molecule has 0 aliphatic rings. The number of halogens is 2. The number of nitrogens with zero attached hydrogens (tertiary/aromatic N) is 1. The molecule has 0 saturated carbocycles. The quantitative estimate of drug-likeness (QED) is 0.805. The average molecular weight is 402 g/mol. The lowest BCUT2D eigenvalue weighted by Gasteiger charge is -2.24. The number of rotatable bonds is 6. The topological polar surface area (TPSA) is 74.7 Å². The Balaban J connectivity index is 2.47. The Morgan fingerprint density at radius 3 is 2.39 bits per heavy atom. The first kappa shape index (κ1) is 17.4. The fraction of sp³-hybridized carbons (Fsp3) is 0.133. The molecule has 0 aromatic heterocycles. The highest BCUT2D eigenvalue weighted by Gasteiger charge is 2.25. The molecular formula is C15H13BrFNO4S. The SMILES string of the molecule is O=C(O)CCN(c1cccc(F)c1)S(=O)(=O)c1ccc(Br)cc1. The summed E-state index contributed by atoms with van der Waals surface area (Å²) in [5.41, 5.74) is 0.0779. The fourth-order valence-electron chi connectivity index (χ4n) is 1.95. The third kappa shape index (κ3) is 4.29. The predicted octanol–water partition coefficient (Wildman–Crippen LogP) is 3.26. The van der Waals surface area contributed by atoms with Gasteiger partial charge in [0.1, 0.15) is 5.82 Å². The van der Waals surface area contributed by atoms with E-state index in [9.17, 15) is 17.6 Å². The van der Waals surface area contributed by atoms with Crippen molar-refractivity contribution in [3.8, 4) is 0 Å². The molecule has 0 atom stereocenters. The van der Waals surface area contributed by atoms with Crippen LogP contribution in [0.3, 0.4) is 0 Å². The summed E-state index contributed by atoms with van der Waals surface area (Å²) in [5.74, 6) is -1.74. The van der Waals surface area contributed by atoms with Gasteiger partial charge in [0.25, 0.3) is 10.0 Å². The maximum Gasteiger partial charge on any atom is 0.305 e. The zero-order chi connectivity index (χ0) is 17.0. The summed E-state index contributed by atoms with van der Waals surface area (Å²) in [6.07, 6.45) is -0.397. The van der Waals surface area contributed by atoms with Crippen LogP contribution >= 0.6 is 15.9 Å². The molecule has 8 heteroatoms. The number of hydrogen-bond acceptors (Lipinski definition) is 3. The first-order valence-electron chi connectivity index (χ1n) is 6.56. The molecule has 0 unspecified atom stereocenters. The van der Waals surface area contributed by atoms with E-state index in [0.29, 0.717) is 4.47 Å². The van der Waals surface area contributed by atoms with E-state index in [0.717, 1.165) is 10.4 Å². The molecule has 0 amide bonds. The van der Waals surface area contributed by atoms with Crippen LogP contribution in [0.5, 0.6) is 0 Å². The third-order valence-electron chi connectivity index (χ3n) is 3.03. The summed E-state index contributed by atoms with van der Waals surface area (Å²) in [7, 11) is -4.00. The Bertz CT molecular complexity index is 808. The molecule has 23 heavy (non-hydrogen) atoms.